The van der Waals surface area contributed by atoms with Crippen LogP contribution in [0.1, 0.15) is 22.8 Å². The number of carbonyl (C=O) groups excluding carboxylic acids is 1. The van der Waals surface area contributed by atoms with Gasteiger partial charge in [0.2, 0.25) is 0 Å². The molecule has 0 saturated heterocycles. The molecular formula is C12H16F3N3OS. The fraction of sp³-hybridized carbons (Fsp3) is 0.417. The maximum Gasteiger partial charge on any atom is 0.418 e. The van der Waals surface area contributed by atoms with E-state index >= 15 is 0 Å². The molecule has 4 nitrogen and oxygen atoms in total. The molecule has 8 heteroatoms. The fourth-order valence-electron chi connectivity index (χ4n) is 1.47. The Labute approximate surface area is 119 Å². The highest BCUT2D eigenvalue weighted by Gasteiger charge is 2.34. The van der Waals surface area contributed by atoms with Gasteiger partial charge < -0.3 is 10.7 Å². The third kappa shape index (κ3) is 4.31. The highest BCUT2D eigenvalue weighted by Crippen LogP contribution is 2.35. The zero-order chi connectivity index (χ0) is 15.3. The van der Waals surface area contributed by atoms with Crippen molar-refractivity contribution in [3.8, 4) is 0 Å². The molecule has 4 N–H and O–H groups in total. The van der Waals surface area contributed by atoms with E-state index in [1.165, 1.54) is 6.07 Å². The number of alkyl halides is 3. The monoisotopic (exact) mass is 307 g/mol. The van der Waals surface area contributed by atoms with E-state index in [0.29, 0.717) is 6.54 Å². The Balaban J connectivity index is 2.94. The smallest absolute Gasteiger partial charge is 0.351 e. The van der Waals surface area contributed by atoms with Crippen LogP contribution in [-0.4, -0.2) is 24.0 Å². The van der Waals surface area contributed by atoms with Crippen molar-refractivity contribution in [1.82, 2.24) is 5.32 Å². The van der Waals surface area contributed by atoms with Crippen molar-refractivity contribution in [2.24, 2.45) is 5.84 Å². The maximum atomic E-state index is 12.8. The number of nitrogens with two attached hydrogens (primary N) is 1. The summed E-state index contributed by atoms with van der Waals surface area (Å²) < 4.78 is 38.5. The topological polar surface area (TPSA) is 67.2 Å². The van der Waals surface area contributed by atoms with Crippen molar-refractivity contribution in [2.75, 3.05) is 18.2 Å². The zero-order valence-corrected chi connectivity index (χ0v) is 11.9. The Bertz CT molecular complexity index is 480. The minimum Gasteiger partial charge on any atom is -0.351 e. The number of hydrogen-bond donors (Lipinski definition) is 3. The van der Waals surface area contributed by atoms with Gasteiger partial charge in [-0.1, -0.05) is 6.92 Å². The normalized spacial score (nSPS) is 12.9. The van der Waals surface area contributed by atoms with Gasteiger partial charge in [0.1, 0.15) is 0 Å². The average molecular weight is 307 g/mol. The number of rotatable bonds is 5. The van der Waals surface area contributed by atoms with Crippen molar-refractivity contribution >= 4 is 23.4 Å². The summed E-state index contributed by atoms with van der Waals surface area (Å²) in [5.41, 5.74) is 0.683. The van der Waals surface area contributed by atoms with Crippen LogP contribution in [0.5, 0.6) is 0 Å². The van der Waals surface area contributed by atoms with Crippen molar-refractivity contribution < 1.29 is 18.0 Å². The number of amides is 1. The van der Waals surface area contributed by atoms with E-state index in [4.69, 9.17) is 5.84 Å². The zero-order valence-electron chi connectivity index (χ0n) is 11.0. The van der Waals surface area contributed by atoms with Gasteiger partial charge in [-0.3, -0.25) is 10.6 Å². The van der Waals surface area contributed by atoms with Crippen LogP contribution in [0.2, 0.25) is 0 Å². The van der Waals surface area contributed by atoms with E-state index in [9.17, 15) is 18.0 Å². The predicted molar refractivity (Wildman–Crippen MR) is 74.6 cm³/mol. The summed E-state index contributed by atoms with van der Waals surface area (Å²) in [7, 11) is 0. The van der Waals surface area contributed by atoms with Gasteiger partial charge in [0.05, 0.1) is 11.3 Å². The van der Waals surface area contributed by atoms with Crippen LogP contribution < -0.4 is 16.6 Å². The molecule has 1 atom stereocenters. The number of benzene rings is 1. The SMILES string of the molecule is CSC(C)CNC(=O)c1ccc(NN)c(C(F)(F)F)c1. The van der Waals surface area contributed by atoms with Crippen molar-refractivity contribution in [1.29, 1.82) is 0 Å². The molecule has 0 aliphatic heterocycles. The van der Waals surface area contributed by atoms with Gasteiger partial charge in [-0.05, 0) is 24.5 Å². The van der Waals surface area contributed by atoms with Crippen LogP contribution in [0.4, 0.5) is 18.9 Å². The van der Waals surface area contributed by atoms with E-state index in [2.05, 4.69) is 5.32 Å². The molecule has 0 fully saturated rings. The number of halogens is 3. The molecule has 0 radical (unpaired) electrons. The first-order chi connectivity index (χ1) is 9.29. The predicted octanol–water partition coefficient (Wildman–Crippen LogP) is 2.47. The molecule has 112 valence electrons. The molecule has 1 aromatic carbocycles. The van der Waals surface area contributed by atoms with Crippen LogP contribution in [-0.2, 0) is 6.18 Å². The lowest BCUT2D eigenvalue weighted by molar-refractivity contribution is -0.137. The van der Waals surface area contributed by atoms with Gasteiger partial charge in [-0.2, -0.15) is 24.9 Å². The first-order valence-electron chi connectivity index (χ1n) is 5.78. The minimum atomic E-state index is -4.58. The average Bonchev–Trinajstić information content (AvgIpc) is 2.42. The highest BCUT2D eigenvalue weighted by molar-refractivity contribution is 7.99. The molecule has 1 rings (SSSR count). The summed E-state index contributed by atoms with van der Waals surface area (Å²) in [6.45, 7) is 2.30. The number of hydrazine groups is 1. The van der Waals surface area contributed by atoms with Gasteiger partial charge in [0.25, 0.3) is 5.91 Å². The Morgan fingerprint density at radius 2 is 2.10 bits per heavy atom. The summed E-state index contributed by atoms with van der Waals surface area (Å²) in [5, 5.41) is 2.77. The lowest BCUT2D eigenvalue weighted by atomic mass is 10.1. The molecule has 1 amide bonds. The molecule has 0 aromatic heterocycles. The number of hydrogen-bond acceptors (Lipinski definition) is 4. The van der Waals surface area contributed by atoms with Crippen LogP contribution in [0.25, 0.3) is 0 Å². The number of carbonyl (C=O) groups is 1. The second-order valence-electron chi connectivity index (χ2n) is 4.16. The van der Waals surface area contributed by atoms with Gasteiger partial charge >= 0.3 is 6.18 Å². The largest absolute Gasteiger partial charge is 0.418 e. The number of nitrogens with one attached hydrogen (secondary N) is 2. The second-order valence-corrected chi connectivity index (χ2v) is 5.43. The number of thioether (sulfide) groups is 1. The lowest BCUT2D eigenvalue weighted by Gasteiger charge is -2.14. The molecule has 0 heterocycles. The van der Waals surface area contributed by atoms with Gasteiger partial charge in [-0.25, -0.2) is 0 Å². The van der Waals surface area contributed by atoms with Crippen molar-refractivity contribution in [2.45, 2.75) is 18.3 Å². The summed E-state index contributed by atoms with van der Waals surface area (Å²) >= 11 is 1.55. The maximum absolute atomic E-state index is 12.8. The molecule has 0 aliphatic rings. The number of nitrogen functional groups attached to an aromatic ring is 1. The molecule has 0 bridgehead atoms. The van der Waals surface area contributed by atoms with Gasteiger partial charge in [0, 0.05) is 17.4 Å². The molecule has 0 aliphatic carbocycles. The third-order valence-electron chi connectivity index (χ3n) is 2.70. The highest BCUT2D eigenvalue weighted by atomic mass is 32.2. The Hall–Kier alpha value is -1.41. The van der Waals surface area contributed by atoms with Gasteiger partial charge in [-0.15, -0.1) is 0 Å². The van der Waals surface area contributed by atoms with Crippen LogP contribution in [0, 0.1) is 0 Å². The Morgan fingerprint density at radius 1 is 1.45 bits per heavy atom. The van der Waals surface area contributed by atoms with Crippen LogP contribution >= 0.6 is 11.8 Å². The standard InChI is InChI=1S/C12H16F3N3OS/c1-7(20-2)6-17-11(19)8-3-4-10(18-16)9(5-8)12(13,14)15/h3-5,7,18H,6,16H2,1-2H3,(H,17,19). The fourth-order valence-corrected chi connectivity index (χ4v) is 1.72. The van der Waals surface area contributed by atoms with Crippen LogP contribution in [0.15, 0.2) is 18.2 Å². The summed E-state index contributed by atoms with van der Waals surface area (Å²) in [5.74, 6) is 4.49. The molecule has 0 spiro atoms. The van der Waals surface area contributed by atoms with E-state index in [1.807, 2.05) is 18.6 Å². The quantitative estimate of drug-likeness (QED) is 0.577. The third-order valence-corrected chi connectivity index (χ3v) is 3.67. The van der Waals surface area contributed by atoms with E-state index in [1.54, 1.807) is 11.8 Å². The van der Waals surface area contributed by atoms with E-state index < -0.39 is 17.6 Å². The Morgan fingerprint density at radius 3 is 2.60 bits per heavy atom. The Kier molecular flexibility index (Phi) is 5.70. The first kappa shape index (κ1) is 16.6. The molecule has 20 heavy (non-hydrogen) atoms. The van der Waals surface area contributed by atoms with Crippen molar-refractivity contribution in [3.63, 3.8) is 0 Å². The summed E-state index contributed by atoms with van der Waals surface area (Å²) in [4.78, 5) is 11.8. The molecule has 1 unspecified atom stereocenters. The molecular weight excluding hydrogens is 291 g/mol. The minimum absolute atomic E-state index is 0.0513. The molecule has 1 aromatic rings. The van der Waals surface area contributed by atoms with Crippen LogP contribution in [0.3, 0.4) is 0 Å². The summed E-state index contributed by atoms with van der Waals surface area (Å²) in [6.07, 6.45) is -2.69. The summed E-state index contributed by atoms with van der Waals surface area (Å²) in [6, 6.07) is 3.22. The van der Waals surface area contributed by atoms with Crippen molar-refractivity contribution in [3.05, 3.63) is 29.3 Å². The first-order valence-corrected chi connectivity index (χ1v) is 7.07. The molecule has 0 saturated carbocycles. The van der Waals surface area contributed by atoms with Gasteiger partial charge in [0.15, 0.2) is 0 Å². The number of anilines is 1. The lowest BCUT2D eigenvalue weighted by Crippen LogP contribution is -2.29. The van der Waals surface area contributed by atoms with E-state index in [-0.39, 0.29) is 16.5 Å². The van der Waals surface area contributed by atoms with E-state index in [0.717, 1.165) is 12.1 Å². The second kappa shape index (κ2) is 6.85.